The third-order valence-corrected chi connectivity index (χ3v) is 6.01. The first-order valence-corrected chi connectivity index (χ1v) is 9.95. The molecule has 1 N–H and O–H groups in total. The largest absolute Gasteiger partial charge is 0.396 e. The third-order valence-electron chi connectivity index (χ3n) is 6.01. The Hall–Kier alpha value is -0.0800. The van der Waals surface area contributed by atoms with Gasteiger partial charge in [-0.25, -0.2) is 0 Å². The molecule has 0 aliphatic heterocycles. The average molecular weight is 312 g/mol. The molecule has 0 aromatic carbocycles. The van der Waals surface area contributed by atoms with Gasteiger partial charge in [-0.15, -0.1) is 0 Å². The summed E-state index contributed by atoms with van der Waals surface area (Å²) >= 11 is 0. The third kappa shape index (κ3) is 6.20. The Morgan fingerprint density at radius 1 is 0.955 bits per heavy atom. The summed E-state index contributed by atoms with van der Waals surface area (Å²) in [6.45, 7) is 2.62. The SMILES string of the molecule is CCCCCCCCCCC1CCCCC1(CCO)N(C)C. The van der Waals surface area contributed by atoms with Gasteiger partial charge in [-0.05, 0) is 45.7 Å². The van der Waals surface area contributed by atoms with Crippen LogP contribution in [0.2, 0.25) is 0 Å². The molecule has 0 bridgehead atoms. The van der Waals surface area contributed by atoms with Gasteiger partial charge < -0.3 is 10.0 Å². The van der Waals surface area contributed by atoms with Crippen LogP contribution in [-0.4, -0.2) is 36.2 Å². The normalized spacial score (nSPS) is 25.8. The number of rotatable bonds is 12. The maximum Gasteiger partial charge on any atom is 0.0448 e. The minimum atomic E-state index is 0.272. The highest BCUT2D eigenvalue weighted by molar-refractivity contribution is 4.96. The van der Waals surface area contributed by atoms with Gasteiger partial charge in [-0.3, -0.25) is 0 Å². The monoisotopic (exact) mass is 311 g/mol. The van der Waals surface area contributed by atoms with Crippen LogP contribution >= 0.6 is 0 Å². The lowest BCUT2D eigenvalue weighted by Gasteiger charge is -2.49. The van der Waals surface area contributed by atoms with Crippen molar-refractivity contribution in [2.75, 3.05) is 20.7 Å². The summed E-state index contributed by atoms with van der Waals surface area (Å²) in [4.78, 5) is 2.43. The molecule has 0 spiro atoms. The maximum absolute atomic E-state index is 9.54. The molecule has 0 radical (unpaired) electrons. The minimum Gasteiger partial charge on any atom is -0.396 e. The second-order valence-electron chi connectivity index (χ2n) is 7.68. The molecule has 1 aliphatic rings. The van der Waals surface area contributed by atoms with Crippen LogP contribution in [0, 0.1) is 5.92 Å². The van der Waals surface area contributed by atoms with E-state index in [1.54, 1.807) is 0 Å². The van der Waals surface area contributed by atoms with Gasteiger partial charge in [0, 0.05) is 12.1 Å². The molecule has 2 nitrogen and oxygen atoms in total. The Labute approximate surface area is 139 Å². The molecule has 1 rings (SSSR count). The molecule has 1 saturated carbocycles. The van der Waals surface area contributed by atoms with Crippen LogP contribution in [0.5, 0.6) is 0 Å². The van der Waals surface area contributed by atoms with E-state index in [0.29, 0.717) is 6.61 Å². The van der Waals surface area contributed by atoms with Gasteiger partial charge in [0.2, 0.25) is 0 Å². The summed E-state index contributed by atoms with van der Waals surface area (Å²) in [7, 11) is 4.45. The van der Waals surface area contributed by atoms with Crippen LogP contribution in [0.4, 0.5) is 0 Å². The van der Waals surface area contributed by atoms with Gasteiger partial charge in [-0.1, -0.05) is 71.1 Å². The van der Waals surface area contributed by atoms with Gasteiger partial charge in [0.15, 0.2) is 0 Å². The predicted octanol–water partition coefficient (Wildman–Crippen LogP) is 5.39. The summed E-state index contributed by atoms with van der Waals surface area (Å²) in [6, 6.07) is 0. The lowest BCUT2D eigenvalue weighted by molar-refractivity contribution is 0.00949. The molecule has 1 aliphatic carbocycles. The van der Waals surface area contributed by atoms with E-state index < -0.39 is 0 Å². The number of hydrogen-bond acceptors (Lipinski definition) is 2. The molecule has 0 aromatic rings. The Morgan fingerprint density at radius 2 is 1.59 bits per heavy atom. The molecule has 0 saturated heterocycles. The van der Waals surface area contributed by atoms with Crippen molar-refractivity contribution in [3.8, 4) is 0 Å². The summed E-state index contributed by atoms with van der Waals surface area (Å²) in [6.07, 6.45) is 19.0. The van der Waals surface area contributed by atoms with Crippen molar-refractivity contribution in [3.05, 3.63) is 0 Å². The van der Waals surface area contributed by atoms with Gasteiger partial charge in [0.05, 0.1) is 0 Å². The zero-order valence-corrected chi connectivity index (χ0v) is 15.6. The lowest BCUT2D eigenvalue weighted by Crippen LogP contribution is -2.52. The molecule has 2 heteroatoms. The van der Waals surface area contributed by atoms with Crippen molar-refractivity contribution in [2.24, 2.45) is 5.92 Å². The zero-order valence-electron chi connectivity index (χ0n) is 15.6. The lowest BCUT2D eigenvalue weighted by atomic mass is 9.68. The number of aliphatic hydroxyl groups is 1. The average Bonchev–Trinajstić information content (AvgIpc) is 2.51. The molecule has 132 valence electrons. The highest BCUT2D eigenvalue weighted by Gasteiger charge is 2.41. The van der Waals surface area contributed by atoms with Crippen LogP contribution in [0.3, 0.4) is 0 Å². The fourth-order valence-corrected chi connectivity index (χ4v) is 4.57. The Morgan fingerprint density at radius 3 is 2.18 bits per heavy atom. The molecule has 0 heterocycles. The van der Waals surface area contributed by atoms with Crippen LogP contribution in [0.25, 0.3) is 0 Å². The number of hydrogen-bond donors (Lipinski definition) is 1. The van der Waals surface area contributed by atoms with Crippen LogP contribution in [0.1, 0.15) is 96.8 Å². The minimum absolute atomic E-state index is 0.272. The quantitative estimate of drug-likeness (QED) is 0.488. The molecule has 2 atom stereocenters. The first-order chi connectivity index (χ1) is 10.7. The van der Waals surface area contributed by atoms with Crippen molar-refractivity contribution >= 4 is 0 Å². The predicted molar refractivity (Wildman–Crippen MR) is 97.3 cm³/mol. The van der Waals surface area contributed by atoms with E-state index in [0.717, 1.165) is 12.3 Å². The van der Waals surface area contributed by atoms with Gasteiger partial charge in [0.1, 0.15) is 0 Å². The Kier molecular flexibility index (Phi) is 10.4. The standard InChI is InChI=1S/C20H41NO/c1-4-5-6-7-8-9-10-11-14-19-15-12-13-16-20(19,17-18-22)21(2)3/h19,22H,4-18H2,1-3H3. The van der Waals surface area contributed by atoms with Gasteiger partial charge >= 0.3 is 0 Å². The summed E-state index contributed by atoms with van der Waals surface area (Å²) in [5.41, 5.74) is 0.272. The molecule has 22 heavy (non-hydrogen) atoms. The first-order valence-electron chi connectivity index (χ1n) is 9.95. The van der Waals surface area contributed by atoms with Crippen LogP contribution < -0.4 is 0 Å². The van der Waals surface area contributed by atoms with Crippen molar-refractivity contribution < 1.29 is 5.11 Å². The molecule has 0 amide bonds. The van der Waals surface area contributed by atoms with Crippen LogP contribution in [-0.2, 0) is 0 Å². The Balaban J connectivity index is 2.29. The van der Waals surface area contributed by atoms with E-state index in [4.69, 9.17) is 0 Å². The fourth-order valence-electron chi connectivity index (χ4n) is 4.57. The molecular weight excluding hydrogens is 270 g/mol. The molecule has 0 aromatic heterocycles. The van der Waals surface area contributed by atoms with E-state index in [9.17, 15) is 5.11 Å². The highest BCUT2D eigenvalue weighted by atomic mass is 16.3. The van der Waals surface area contributed by atoms with Crippen LogP contribution in [0.15, 0.2) is 0 Å². The first kappa shape index (κ1) is 20.0. The summed E-state index contributed by atoms with van der Waals surface area (Å²) < 4.78 is 0. The Bertz CT molecular complexity index is 262. The summed E-state index contributed by atoms with van der Waals surface area (Å²) in [5, 5.41) is 9.54. The van der Waals surface area contributed by atoms with Crippen molar-refractivity contribution in [2.45, 2.75) is 102 Å². The smallest absolute Gasteiger partial charge is 0.0448 e. The van der Waals surface area contributed by atoms with E-state index in [-0.39, 0.29) is 5.54 Å². The van der Waals surface area contributed by atoms with Crippen molar-refractivity contribution in [3.63, 3.8) is 0 Å². The van der Waals surface area contributed by atoms with E-state index in [1.807, 2.05) is 0 Å². The van der Waals surface area contributed by atoms with E-state index in [1.165, 1.54) is 83.5 Å². The van der Waals surface area contributed by atoms with Crippen molar-refractivity contribution in [1.82, 2.24) is 4.90 Å². The number of unbranched alkanes of at least 4 members (excludes halogenated alkanes) is 7. The van der Waals surface area contributed by atoms with E-state index in [2.05, 4.69) is 25.9 Å². The second-order valence-corrected chi connectivity index (χ2v) is 7.68. The van der Waals surface area contributed by atoms with Gasteiger partial charge in [-0.2, -0.15) is 0 Å². The highest BCUT2D eigenvalue weighted by Crippen LogP contribution is 2.42. The summed E-state index contributed by atoms with van der Waals surface area (Å²) in [5.74, 6) is 0.795. The maximum atomic E-state index is 9.54. The molecular formula is C20H41NO. The topological polar surface area (TPSA) is 23.5 Å². The number of aliphatic hydroxyl groups excluding tert-OH is 1. The van der Waals surface area contributed by atoms with E-state index >= 15 is 0 Å². The molecule has 2 unspecified atom stereocenters. The zero-order chi connectivity index (χ0) is 16.3. The molecule has 1 fully saturated rings. The van der Waals surface area contributed by atoms with Crippen molar-refractivity contribution in [1.29, 1.82) is 0 Å². The van der Waals surface area contributed by atoms with Gasteiger partial charge in [0.25, 0.3) is 0 Å². The number of nitrogens with zero attached hydrogens (tertiary/aromatic N) is 1. The second kappa shape index (κ2) is 11.5. The fraction of sp³-hybridized carbons (Fsp3) is 1.00.